The molecule has 10 heteroatoms. The number of alkyl halides is 6. The van der Waals surface area contributed by atoms with Gasteiger partial charge in [-0.15, -0.1) is 0 Å². The zero-order chi connectivity index (χ0) is 30.7. The highest BCUT2D eigenvalue weighted by molar-refractivity contribution is 5.96. The highest BCUT2D eigenvalue weighted by Crippen LogP contribution is 2.36. The van der Waals surface area contributed by atoms with E-state index in [1.807, 2.05) is 42.5 Å². The van der Waals surface area contributed by atoms with Gasteiger partial charge in [0.05, 0.1) is 17.2 Å². The standard InChI is InChI=1S/C32H32F6N2O2/c1-20(29(41)39-27-10-4-3-5-11-27)14-28(16-21-12-13-22-8-6-7-9-23(22)15-21)40(2)30(42)24-17-25(31(33,34)35)19-26(18-24)32(36,37)38/h6-9,12-15,17-19,27-28H,3-5,10-11,16H2,1-2H3,(H,39,41)/t28-/m0/s1. The second kappa shape index (κ2) is 12.6. The third-order valence-electron chi connectivity index (χ3n) is 7.65. The minimum atomic E-state index is -5.09. The van der Waals surface area contributed by atoms with Crippen LogP contribution in [0.3, 0.4) is 0 Å². The van der Waals surface area contributed by atoms with E-state index in [1.54, 1.807) is 13.0 Å². The van der Waals surface area contributed by atoms with Crippen molar-refractivity contribution in [3.05, 3.63) is 94.6 Å². The van der Waals surface area contributed by atoms with Crippen LogP contribution < -0.4 is 5.32 Å². The van der Waals surface area contributed by atoms with Crippen LogP contribution in [0.4, 0.5) is 26.3 Å². The summed E-state index contributed by atoms with van der Waals surface area (Å²) in [5.74, 6) is -1.36. The second-order valence-corrected chi connectivity index (χ2v) is 10.8. The van der Waals surface area contributed by atoms with Crippen LogP contribution in [0.15, 0.2) is 72.3 Å². The van der Waals surface area contributed by atoms with Crippen LogP contribution in [0, 0.1) is 0 Å². The van der Waals surface area contributed by atoms with Gasteiger partial charge in [-0.2, -0.15) is 26.3 Å². The number of carbonyl (C=O) groups is 2. The predicted molar refractivity (Wildman–Crippen MR) is 149 cm³/mol. The minimum Gasteiger partial charge on any atom is -0.350 e. The van der Waals surface area contributed by atoms with E-state index in [0.717, 1.165) is 53.3 Å². The molecule has 4 rings (SSSR count). The maximum Gasteiger partial charge on any atom is 0.416 e. The van der Waals surface area contributed by atoms with Crippen LogP contribution in [0.1, 0.15) is 66.1 Å². The molecule has 3 aromatic rings. The van der Waals surface area contributed by atoms with Crippen LogP contribution in [0.25, 0.3) is 10.8 Å². The molecule has 0 heterocycles. The normalized spacial score (nSPS) is 15.9. The number of nitrogens with one attached hydrogen (secondary N) is 1. The average molecular weight is 591 g/mol. The fraction of sp³-hybridized carbons (Fsp3) is 0.375. The number of amides is 2. The van der Waals surface area contributed by atoms with E-state index >= 15 is 0 Å². The van der Waals surface area contributed by atoms with Gasteiger partial charge in [0.25, 0.3) is 5.91 Å². The van der Waals surface area contributed by atoms with E-state index in [4.69, 9.17) is 0 Å². The molecule has 0 spiro atoms. The monoisotopic (exact) mass is 590 g/mol. The first-order chi connectivity index (χ1) is 19.7. The molecule has 3 aromatic carbocycles. The van der Waals surface area contributed by atoms with E-state index in [0.29, 0.717) is 17.7 Å². The van der Waals surface area contributed by atoms with Crippen molar-refractivity contribution in [2.45, 2.75) is 69.9 Å². The minimum absolute atomic E-state index is 0.0109. The van der Waals surface area contributed by atoms with E-state index < -0.39 is 41.0 Å². The molecular formula is C32H32F6N2O2. The summed E-state index contributed by atoms with van der Waals surface area (Å²) in [5.41, 5.74) is -2.82. The number of likely N-dealkylation sites (N-methyl/N-ethyl adjacent to an activating group) is 1. The Morgan fingerprint density at radius 3 is 2.07 bits per heavy atom. The van der Waals surface area contributed by atoms with Gasteiger partial charge >= 0.3 is 12.4 Å². The number of nitrogens with zero attached hydrogens (tertiary/aromatic N) is 1. The van der Waals surface area contributed by atoms with Crippen molar-refractivity contribution in [1.29, 1.82) is 0 Å². The lowest BCUT2D eigenvalue weighted by atomic mass is 9.95. The molecule has 2 amide bonds. The van der Waals surface area contributed by atoms with Crippen molar-refractivity contribution in [3.8, 4) is 0 Å². The highest BCUT2D eigenvalue weighted by Gasteiger charge is 2.38. The molecule has 4 nitrogen and oxygen atoms in total. The molecule has 0 bridgehead atoms. The first-order valence-electron chi connectivity index (χ1n) is 13.8. The molecule has 0 saturated heterocycles. The van der Waals surface area contributed by atoms with Crippen LogP contribution in [-0.4, -0.2) is 35.8 Å². The Morgan fingerprint density at radius 1 is 0.881 bits per heavy atom. The first-order valence-corrected chi connectivity index (χ1v) is 13.8. The van der Waals surface area contributed by atoms with Gasteiger partial charge in [-0.3, -0.25) is 9.59 Å². The molecule has 1 aliphatic carbocycles. The number of carbonyl (C=O) groups excluding carboxylic acids is 2. The van der Waals surface area contributed by atoms with E-state index in [2.05, 4.69) is 5.32 Å². The molecule has 0 radical (unpaired) electrons. The van der Waals surface area contributed by atoms with Gasteiger partial charge in [0.1, 0.15) is 0 Å². The first kappa shape index (κ1) is 31.1. The topological polar surface area (TPSA) is 49.4 Å². The Morgan fingerprint density at radius 2 is 1.48 bits per heavy atom. The van der Waals surface area contributed by atoms with Gasteiger partial charge in [0.2, 0.25) is 5.91 Å². The van der Waals surface area contributed by atoms with Crippen molar-refractivity contribution in [2.75, 3.05) is 7.05 Å². The Hall–Kier alpha value is -3.82. The van der Waals surface area contributed by atoms with Gasteiger partial charge in [0.15, 0.2) is 0 Å². The summed E-state index contributed by atoms with van der Waals surface area (Å²) in [4.78, 5) is 27.6. The number of hydrogen-bond acceptors (Lipinski definition) is 2. The third kappa shape index (κ3) is 7.72. The van der Waals surface area contributed by atoms with Crippen molar-refractivity contribution >= 4 is 22.6 Å². The number of benzene rings is 3. The predicted octanol–water partition coefficient (Wildman–Crippen LogP) is 7.96. The van der Waals surface area contributed by atoms with Crippen molar-refractivity contribution in [1.82, 2.24) is 10.2 Å². The van der Waals surface area contributed by atoms with Crippen LogP contribution >= 0.6 is 0 Å². The van der Waals surface area contributed by atoms with Gasteiger partial charge in [-0.1, -0.05) is 67.8 Å². The number of fused-ring (bicyclic) bond motifs is 1. The average Bonchev–Trinajstić information content (AvgIpc) is 2.95. The summed E-state index contributed by atoms with van der Waals surface area (Å²) in [5, 5.41) is 4.90. The molecule has 0 unspecified atom stereocenters. The molecular weight excluding hydrogens is 558 g/mol. The lowest BCUT2D eigenvalue weighted by Crippen LogP contribution is -2.40. The largest absolute Gasteiger partial charge is 0.416 e. The Kier molecular flexibility index (Phi) is 9.33. The van der Waals surface area contributed by atoms with Crippen molar-refractivity contribution in [2.24, 2.45) is 0 Å². The fourth-order valence-electron chi connectivity index (χ4n) is 5.26. The van der Waals surface area contributed by atoms with Crippen LogP contribution in [0.2, 0.25) is 0 Å². The lowest BCUT2D eigenvalue weighted by molar-refractivity contribution is -0.143. The van der Waals surface area contributed by atoms with Crippen LogP contribution in [-0.2, 0) is 23.6 Å². The molecule has 1 atom stereocenters. The Bertz CT molecular complexity index is 1440. The third-order valence-corrected chi connectivity index (χ3v) is 7.65. The quantitative estimate of drug-likeness (QED) is 0.224. The highest BCUT2D eigenvalue weighted by atomic mass is 19.4. The maximum atomic E-state index is 13.5. The summed E-state index contributed by atoms with van der Waals surface area (Å²) in [6, 6.07) is 13.2. The number of rotatable bonds is 7. The summed E-state index contributed by atoms with van der Waals surface area (Å²) in [6.45, 7) is 1.58. The zero-order valence-corrected chi connectivity index (χ0v) is 23.3. The second-order valence-electron chi connectivity index (χ2n) is 10.8. The Balaban J connectivity index is 1.69. The van der Waals surface area contributed by atoms with E-state index in [9.17, 15) is 35.9 Å². The summed E-state index contributed by atoms with van der Waals surface area (Å²) >= 11 is 0. The van der Waals surface area contributed by atoms with Gasteiger partial charge in [0, 0.05) is 24.2 Å². The summed E-state index contributed by atoms with van der Waals surface area (Å²) < 4.78 is 80.9. The van der Waals surface area contributed by atoms with Crippen molar-refractivity contribution in [3.63, 3.8) is 0 Å². The molecule has 1 aliphatic rings. The van der Waals surface area contributed by atoms with Crippen molar-refractivity contribution < 1.29 is 35.9 Å². The smallest absolute Gasteiger partial charge is 0.350 e. The number of hydrogen-bond donors (Lipinski definition) is 1. The molecule has 0 aromatic heterocycles. The molecule has 1 fully saturated rings. The summed E-state index contributed by atoms with van der Waals surface area (Å²) in [6.07, 6.45) is -3.63. The maximum absolute atomic E-state index is 13.5. The molecule has 1 saturated carbocycles. The van der Waals surface area contributed by atoms with E-state index in [1.165, 1.54) is 7.05 Å². The van der Waals surface area contributed by atoms with Gasteiger partial charge in [-0.25, -0.2) is 0 Å². The Labute approximate surface area is 240 Å². The fourth-order valence-corrected chi connectivity index (χ4v) is 5.26. The molecule has 0 aliphatic heterocycles. The van der Waals surface area contributed by atoms with Gasteiger partial charge in [-0.05, 0) is 60.7 Å². The lowest BCUT2D eigenvalue weighted by Gasteiger charge is -2.28. The van der Waals surface area contributed by atoms with E-state index in [-0.39, 0.29) is 24.4 Å². The summed E-state index contributed by atoms with van der Waals surface area (Å²) in [7, 11) is 1.31. The molecule has 1 N–H and O–H groups in total. The molecule has 42 heavy (non-hydrogen) atoms. The molecule has 224 valence electrons. The van der Waals surface area contributed by atoms with Gasteiger partial charge < -0.3 is 10.2 Å². The number of halogens is 6. The zero-order valence-electron chi connectivity index (χ0n) is 23.3. The van der Waals surface area contributed by atoms with Crippen LogP contribution in [0.5, 0.6) is 0 Å². The SMILES string of the molecule is CC(=C[C@@H](Cc1ccc2ccccc2c1)N(C)C(=O)c1cc(C(F)(F)F)cc(C(F)(F)F)c1)C(=O)NC1CCCCC1.